The van der Waals surface area contributed by atoms with Crippen LogP contribution in [0.5, 0.6) is 0 Å². The summed E-state index contributed by atoms with van der Waals surface area (Å²) in [6.45, 7) is 2.45. The molecular weight excluding hydrogens is 516 g/mol. The minimum Gasteiger partial charge on any atom is -0.375 e. The average molecular weight is 545 g/mol. The molecule has 0 radical (unpaired) electrons. The van der Waals surface area contributed by atoms with E-state index in [9.17, 15) is 13.2 Å². The third-order valence-corrected chi connectivity index (χ3v) is 10.5. The SMILES string of the molecule is COC1C(N(C)S(C)(=O)=O)C[C@H]2O[C@]1(C)n1c3ccccc3c3c4c(c5c6ccccc6n2c5c31)C(=O)NC4. The lowest BCUT2D eigenvalue weighted by molar-refractivity contribution is -0.262. The Balaban J connectivity index is 1.64. The highest BCUT2D eigenvalue weighted by molar-refractivity contribution is 7.88. The predicted octanol–water partition coefficient (Wildman–Crippen LogP) is 4.03. The van der Waals surface area contributed by atoms with Gasteiger partial charge in [-0.05, 0) is 24.6 Å². The molecule has 8 rings (SSSR count). The molecule has 10 heteroatoms. The van der Waals surface area contributed by atoms with Crippen molar-refractivity contribution in [1.29, 1.82) is 0 Å². The highest BCUT2D eigenvalue weighted by atomic mass is 32.2. The van der Waals surface area contributed by atoms with Crippen LogP contribution in [-0.2, 0) is 31.8 Å². The van der Waals surface area contributed by atoms with Crippen molar-refractivity contribution >= 4 is 59.5 Å². The van der Waals surface area contributed by atoms with Crippen molar-refractivity contribution in [1.82, 2.24) is 18.8 Å². The standard InChI is InChI=1S/C29H28N4O5S/c1-29-27(37-3)20(31(2)39(4,35)36)13-21(38-29)32-18-11-7-5-9-15(18)23-24-17(14-30-28(24)34)22-16-10-6-8-12-19(16)33(29)26(22)25(23)32/h5-12,20-21,27H,13-14H2,1-4H3,(H,30,34)/t20?,21-,27?,29+/m1/s1. The lowest BCUT2D eigenvalue weighted by atomic mass is 9.93. The number of nitrogens with zero attached hydrogens (tertiary/aromatic N) is 3. The van der Waals surface area contributed by atoms with Gasteiger partial charge in [-0.1, -0.05) is 36.4 Å². The van der Waals surface area contributed by atoms with Crippen LogP contribution in [-0.4, -0.2) is 60.3 Å². The van der Waals surface area contributed by atoms with Gasteiger partial charge in [0.05, 0.1) is 39.9 Å². The van der Waals surface area contributed by atoms with Gasteiger partial charge in [-0.25, -0.2) is 8.42 Å². The average Bonchev–Trinajstić information content (AvgIpc) is 3.55. The molecule has 2 bridgehead atoms. The molecule has 5 aromatic rings. The van der Waals surface area contributed by atoms with Crippen LogP contribution in [0.15, 0.2) is 48.5 Å². The highest BCUT2D eigenvalue weighted by Crippen LogP contribution is 2.54. The Morgan fingerprint density at radius 1 is 1.05 bits per heavy atom. The number of carbonyl (C=O) groups excluding carboxylic acids is 1. The molecule has 1 fully saturated rings. The number of benzene rings is 3. The summed E-state index contributed by atoms with van der Waals surface area (Å²) in [5, 5.41) is 7.02. The number of amides is 1. The molecule has 39 heavy (non-hydrogen) atoms. The minimum atomic E-state index is -3.53. The Hall–Kier alpha value is -3.44. The third kappa shape index (κ3) is 2.70. The number of ether oxygens (including phenoxy) is 2. The number of likely N-dealkylation sites (N-methyl/N-ethyl adjacent to an activating group) is 1. The zero-order chi connectivity index (χ0) is 27.0. The number of fused-ring (bicyclic) bond motifs is 13. The number of hydrogen-bond acceptors (Lipinski definition) is 5. The first-order valence-corrected chi connectivity index (χ1v) is 14.9. The molecule has 1 N–H and O–H groups in total. The summed E-state index contributed by atoms with van der Waals surface area (Å²) in [5.74, 6) is -0.0737. The minimum absolute atomic E-state index is 0.0737. The number of aromatic nitrogens is 2. The maximum atomic E-state index is 13.4. The van der Waals surface area contributed by atoms with Crippen LogP contribution in [0.4, 0.5) is 0 Å². The van der Waals surface area contributed by atoms with Crippen LogP contribution < -0.4 is 5.32 Å². The van der Waals surface area contributed by atoms with Crippen LogP contribution in [0, 0.1) is 0 Å². The summed E-state index contributed by atoms with van der Waals surface area (Å²) in [6, 6.07) is 15.8. The molecular formula is C29H28N4O5S. The van der Waals surface area contributed by atoms with Crippen molar-refractivity contribution < 1.29 is 22.7 Å². The number of rotatable bonds is 3. The van der Waals surface area contributed by atoms with Crippen LogP contribution >= 0.6 is 0 Å². The van der Waals surface area contributed by atoms with Crippen molar-refractivity contribution in [2.24, 2.45) is 0 Å². The number of carbonyl (C=O) groups is 1. The van der Waals surface area contributed by atoms with E-state index < -0.39 is 34.1 Å². The second-order valence-electron chi connectivity index (χ2n) is 11.1. The van der Waals surface area contributed by atoms with Crippen LogP contribution in [0.3, 0.4) is 0 Å². The first-order valence-electron chi connectivity index (χ1n) is 13.1. The maximum absolute atomic E-state index is 13.4. The zero-order valence-electron chi connectivity index (χ0n) is 22.1. The first-order chi connectivity index (χ1) is 18.7. The molecule has 3 aromatic carbocycles. The number of hydrogen-bond donors (Lipinski definition) is 1. The van der Waals surface area contributed by atoms with E-state index in [1.165, 1.54) is 10.6 Å². The fraction of sp³-hybridized carbons (Fsp3) is 0.345. The Bertz CT molecular complexity index is 2030. The van der Waals surface area contributed by atoms with E-state index in [0.29, 0.717) is 18.5 Å². The predicted molar refractivity (Wildman–Crippen MR) is 149 cm³/mol. The van der Waals surface area contributed by atoms with Gasteiger partial charge in [-0.15, -0.1) is 0 Å². The second kappa shape index (κ2) is 7.39. The number of sulfonamides is 1. The Morgan fingerprint density at radius 3 is 2.41 bits per heavy atom. The number of methoxy groups -OCH3 is 1. The lowest BCUT2D eigenvalue weighted by Crippen LogP contribution is -2.61. The van der Waals surface area contributed by atoms with Gasteiger partial charge >= 0.3 is 0 Å². The van der Waals surface area contributed by atoms with Crippen molar-refractivity contribution in [2.75, 3.05) is 20.4 Å². The Morgan fingerprint density at radius 2 is 1.72 bits per heavy atom. The van der Waals surface area contributed by atoms with Gasteiger partial charge in [0, 0.05) is 48.7 Å². The summed E-state index contributed by atoms with van der Waals surface area (Å²) in [5.41, 5.74) is 4.46. The summed E-state index contributed by atoms with van der Waals surface area (Å²) < 4.78 is 44.8. The van der Waals surface area contributed by atoms with E-state index in [1.54, 1.807) is 14.2 Å². The molecule has 2 aromatic heterocycles. The molecule has 0 saturated carbocycles. The van der Waals surface area contributed by atoms with Gasteiger partial charge in [-0.2, -0.15) is 4.31 Å². The van der Waals surface area contributed by atoms with E-state index in [2.05, 4.69) is 38.7 Å². The third-order valence-electron chi connectivity index (χ3n) is 9.19. The van der Waals surface area contributed by atoms with Crippen molar-refractivity contribution in [2.45, 2.75) is 44.0 Å². The normalized spacial score (nSPS) is 26.3. The molecule has 9 nitrogen and oxygen atoms in total. The Labute approximate surface area is 224 Å². The second-order valence-corrected chi connectivity index (χ2v) is 13.1. The molecule has 3 aliphatic heterocycles. The summed E-state index contributed by atoms with van der Waals surface area (Å²) in [6.07, 6.45) is 0.513. The number of para-hydroxylation sites is 2. The molecule has 200 valence electrons. The monoisotopic (exact) mass is 544 g/mol. The van der Waals surface area contributed by atoms with Crippen molar-refractivity contribution in [3.8, 4) is 0 Å². The topological polar surface area (TPSA) is 94.8 Å². The van der Waals surface area contributed by atoms with Gasteiger partial charge in [0.15, 0.2) is 5.72 Å². The lowest BCUT2D eigenvalue weighted by Gasteiger charge is -2.50. The van der Waals surface area contributed by atoms with E-state index in [4.69, 9.17) is 9.47 Å². The largest absolute Gasteiger partial charge is 0.375 e. The van der Waals surface area contributed by atoms with E-state index in [-0.39, 0.29) is 5.91 Å². The number of nitrogens with one attached hydrogen (secondary N) is 1. The molecule has 5 heterocycles. The quantitative estimate of drug-likeness (QED) is 0.370. The van der Waals surface area contributed by atoms with Crippen LogP contribution in [0.25, 0.3) is 43.6 Å². The molecule has 4 atom stereocenters. The molecule has 0 spiro atoms. The fourth-order valence-corrected chi connectivity index (χ4v) is 8.30. The van der Waals surface area contributed by atoms with Crippen molar-refractivity contribution in [3.63, 3.8) is 0 Å². The van der Waals surface area contributed by atoms with E-state index in [1.807, 2.05) is 31.2 Å². The van der Waals surface area contributed by atoms with Gasteiger partial charge in [-0.3, -0.25) is 4.79 Å². The van der Waals surface area contributed by atoms with Crippen LogP contribution in [0.2, 0.25) is 0 Å². The maximum Gasteiger partial charge on any atom is 0.252 e. The molecule has 3 aliphatic rings. The zero-order valence-corrected chi connectivity index (χ0v) is 22.9. The molecule has 0 aliphatic carbocycles. The Kier molecular flexibility index (Phi) is 4.44. The van der Waals surface area contributed by atoms with E-state index >= 15 is 0 Å². The smallest absolute Gasteiger partial charge is 0.252 e. The molecule has 1 amide bonds. The first kappa shape index (κ1) is 23.4. The summed E-state index contributed by atoms with van der Waals surface area (Å²) in [7, 11) is -0.299. The highest BCUT2D eigenvalue weighted by Gasteiger charge is 2.55. The van der Waals surface area contributed by atoms with Gasteiger partial charge in [0.2, 0.25) is 10.0 Å². The van der Waals surface area contributed by atoms with E-state index in [0.717, 1.165) is 49.2 Å². The molecule has 2 unspecified atom stereocenters. The molecule has 1 saturated heterocycles. The summed E-state index contributed by atoms with van der Waals surface area (Å²) >= 11 is 0. The van der Waals surface area contributed by atoms with Gasteiger partial charge in [0.25, 0.3) is 5.91 Å². The fourth-order valence-electron chi connectivity index (χ4n) is 7.62. The van der Waals surface area contributed by atoms with Crippen LogP contribution in [0.1, 0.15) is 35.5 Å². The van der Waals surface area contributed by atoms with Gasteiger partial charge < -0.3 is 23.9 Å². The summed E-state index contributed by atoms with van der Waals surface area (Å²) in [4.78, 5) is 13.4. The van der Waals surface area contributed by atoms with Gasteiger partial charge in [0.1, 0.15) is 12.3 Å². The van der Waals surface area contributed by atoms with Crippen molar-refractivity contribution in [3.05, 3.63) is 59.7 Å².